The Kier molecular flexibility index (Phi) is 4.68. The quantitative estimate of drug-likeness (QED) is 0.904. The fraction of sp³-hybridized carbons (Fsp3) is 0.409. The van der Waals surface area contributed by atoms with Crippen molar-refractivity contribution in [2.45, 2.75) is 25.9 Å². The molecule has 136 valence electrons. The molecule has 26 heavy (non-hydrogen) atoms. The van der Waals surface area contributed by atoms with Gasteiger partial charge in [0.05, 0.1) is 6.04 Å². The standard InChI is InChI=1S/C22H26N2O2/c1-16-7-5-6-10-19(16)21-20-15-23(13-17-8-3-2-4-9-17)14-18(20)11-12-24(21)22(25)26/h2-10,18,20-21H,11-15H2,1H3,(H,25,26). The number of carboxylic acid groups (broad SMARTS) is 1. The molecule has 2 saturated heterocycles. The maximum atomic E-state index is 11.9. The van der Waals surface area contributed by atoms with Gasteiger partial charge < -0.3 is 10.0 Å². The van der Waals surface area contributed by atoms with Gasteiger partial charge in [0.15, 0.2) is 0 Å². The molecule has 2 aliphatic heterocycles. The third-order valence-corrected chi connectivity index (χ3v) is 6.05. The van der Waals surface area contributed by atoms with Gasteiger partial charge in [-0.1, -0.05) is 54.6 Å². The van der Waals surface area contributed by atoms with Crippen LogP contribution in [0.5, 0.6) is 0 Å². The normalized spacial score (nSPS) is 25.9. The molecule has 2 aromatic carbocycles. The van der Waals surface area contributed by atoms with Crippen LogP contribution in [0, 0.1) is 18.8 Å². The third kappa shape index (κ3) is 3.21. The second-order valence-electron chi connectivity index (χ2n) is 7.67. The maximum absolute atomic E-state index is 11.9. The number of hydrogen-bond acceptors (Lipinski definition) is 2. The lowest BCUT2D eigenvalue weighted by Gasteiger charge is -2.42. The monoisotopic (exact) mass is 350 g/mol. The van der Waals surface area contributed by atoms with Crippen molar-refractivity contribution in [3.8, 4) is 0 Å². The molecule has 4 nitrogen and oxygen atoms in total. The van der Waals surface area contributed by atoms with Crippen LogP contribution in [-0.4, -0.2) is 40.6 Å². The lowest BCUT2D eigenvalue weighted by atomic mass is 9.78. The SMILES string of the molecule is Cc1ccccc1C1C2CN(Cc3ccccc3)CC2CCN1C(=O)O. The maximum Gasteiger partial charge on any atom is 0.407 e. The van der Waals surface area contributed by atoms with Crippen LogP contribution >= 0.6 is 0 Å². The Morgan fingerprint density at radius 3 is 2.54 bits per heavy atom. The Morgan fingerprint density at radius 2 is 1.81 bits per heavy atom. The van der Waals surface area contributed by atoms with Crippen molar-refractivity contribution in [2.75, 3.05) is 19.6 Å². The first-order valence-corrected chi connectivity index (χ1v) is 9.45. The summed E-state index contributed by atoms with van der Waals surface area (Å²) in [5.74, 6) is 0.934. The number of amides is 1. The van der Waals surface area contributed by atoms with Gasteiger partial charge in [0, 0.05) is 32.1 Å². The van der Waals surface area contributed by atoms with Crippen LogP contribution in [0.2, 0.25) is 0 Å². The van der Waals surface area contributed by atoms with E-state index < -0.39 is 6.09 Å². The fourth-order valence-electron chi connectivity index (χ4n) is 4.83. The summed E-state index contributed by atoms with van der Waals surface area (Å²) in [5, 5.41) is 9.79. The van der Waals surface area contributed by atoms with E-state index in [0.29, 0.717) is 18.4 Å². The van der Waals surface area contributed by atoms with Gasteiger partial charge >= 0.3 is 6.09 Å². The first-order valence-electron chi connectivity index (χ1n) is 9.45. The van der Waals surface area contributed by atoms with Gasteiger partial charge in [-0.25, -0.2) is 4.79 Å². The van der Waals surface area contributed by atoms with Crippen LogP contribution in [0.15, 0.2) is 54.6 Å². The predicted molar refractivity (Wildman–Crippen MR) is 102 cm³/mol. The van der Waals surface area contributed by atoms with Gasteiger partial charge in [0.25, 0.3) is 0 Å². The first-order chi connectivity index (χ1) is 12.6. The number of likely N-dealkylation sites (tertiary alicyclic amines) is 2. The van der Waals surface area contributed by atoms with Gasteiger partial charge in [-0.3, -0.25) is 4.90 Å². The number of benzene rings is 2. The van der Waals surface area contributed by atoms with Crippen molar-refractivity contribution in [3.05, 3.63) is 71.3 Å². The lowest BCUT2D eigenvalue weighted by molar-refractivity contribution is 0.0645. The molecule has 3 atom stereocenters. The minimum Gasteiger partial charge on any atom is -0.465 e. The molecule has 4 rings (SSSR count). The molecular weight excluding hydrogens is 324 g/mol. The second kappa shape index (κ2) is 7.12. The average Bonchev–Trinajstić information content (AvgIpc) is 3.04. The Bertz CT molecular complexity index is 777. The molecule has 2 aromatic rings. The summed E-state index contributed by atoms with van der Waals surface area (Å²) in [6, 6.07) is 18.8. The van der Waals surface area contributed by atoms with Gasteiger partial charge in [0.2, 0.25) is 0 Å². The zero-order valence-electron chi connectivity index (χ0n) is 15.2. The van der Waals surface area contributed by atoms with E-state index in [1.165, 1.54) is 16.7 Å². The molecule has 3 unspecified atom stereocenters. The average molecular weight is 350 g/mol. The largest absolute Gasteiger partial charge is 0.465 e. The van der Waals surface area contributed by atoms with E-state index in [2.05, 4.69) is 48.2 Å². The molecule has 0 bridgehead atoms. The summed E-state index contributed by atoms with van der Waals surface area (Å²) in [6.07, 6.45) is 0.170. The third-order valence-electron chi connectivity index (χ3n) is 6.05. The van der Waals surface area contributed by atoms with Crippen LogP contribution in [0.3, 0.4) is 0 Å². The van der Waals surface area contributed by atoms with E-state index in [1.807, 2.05) is 18.2 Å². The molecule has 2 aliphatic rings. The molecule has 0 radical (unpaired) electrons. The van der Waals surface area contributed by atoms with E-state index in [4.69, 9.17) is 0 Å². The summed E-state index contributed by atoms with van der Waals surface area (Å²) >= 11 is 0. The molecule has 2 heterocycles. The van der Waals surface area contributed by atoms with Crippen molar-refractivity contribution in [3.63, 3.8) is 0 Å². The zero-order chi connectivity index (χ0) is 18.1. The number of aryl methyl sites for hydroxylation is 1. The molecule has 0 aromatic heterocycles. The molecule has 0 aliphatic carbocycles. The fourth-order valence-corrected chi connectivity index (χ4v) is 4.83. The number of fused-ring (bicyclic) bond motifs is 1. The van der Waals surface area contributed by atoms with Gasteiger partial charge in [-0.05, 0) is 36.0 Å². The molecule has 1 amide bonds. The minimum absolute atomic E-state index is 0.0341. The van der Waals surface area contributed by atoms with E-state index in [9.17, 15) is 9.90 Å². The number of carbonyl (C=O) groups is 1. The predicted octanol–water partition coefficient (Wildman–Crippen LogP) is 4.17. The number of hydrogen-bond donors (Lipinski definition) is 1. The highest BCUT2D eigenvalue weighted by Gasteiger charge is 2.46. The second-order valence-corrected chi connectivity index (χ2v) is 7.67. The molecule has 4 heteroatoms. The van der Waals surface area contributed by atoms with Crippen LogP contribution in [-0.2, 0) is 6.54 Å². The smallest absolute Gasteiger partial charge is 0.407 e. The van der Waals surface area contributed by atoms with Crippen LogP contribution < -0.4 is 0 Å². The zero-order valence-corrected chi connectivity index (χ0v) is 15.2. The Balaban J connectivity index is 1.60. The number of rotatable bonds is 3. The highest BCUT2D eigenvalue weighted by atomic mass is 16.4. The summed E-state index contributed by atoms with van der Waals surface area (Å²) in [5.41, 5.74) is 3.69. The van der Waals surface area contributed by atoms with Gasteiger partial charge in [-0.15, -0.1) is 0 Å². The van der Waals surface area contributed by atoms with Gasteiger partial charge in [0.1, 0.15) is 0 Å². The Labute approximate surface area is 155 Å². The van der Waals surface area contributed by atoms with E-state index in [-0.39, 0.29) is 6.04 Å². The van der Waals surface area contributed by atoms with Crippen molar-refractivity contribution in [2.24, 2.45) is 11.8 Å². The lowest BCUT2D eigenvalue weighted by Crippen LogP contribution is -2.45. The van der Waals surface area contributed by atoms with E-state index in [0.717, 1.165) is 26.1 Å². The van der Waals surface area contributed by atoms with Crippen molar-refractivity contribution in [1.82, 2.24) is 9.80 Å². The molecule has 2 fully saturated rings. The topological polar surface area (TPSA) is 43.8 Å². The highest BCUT2D eigenvalue weighted by molar-refractivity contribution is 5.66. The molecule has 0 spiro atoms. The molecule has 1 N–H and O–H groups in total. The van der Waals surface area contributed by atoms with E-state index in [1.54, 1.807) is 4.90 Å². The number of piperidine rings is 1. The Morgan fingerprint density at radius 1 is 1.08 bits per heavy atom. The van der Waals surface area contributed by atoms with Crippen LogP contribution in [0.25, 0.3) is 0 Å². The van der Waals surface area contributed by atoms with Crippen molar-refractivity contribution < 1.29 is 9.90 Å². The van der Waals surface area contributed by atoms with E-state index >= 15 is 0 Å². The van der Waals surface area contributed by atoms with Crippen molar-refractivity contribution in [1.29, 1.82) is 0 Å². The van der Waals surface area contributed by atoms with Crippen molar-refractivity contribution >= 4 is 6.09 Å². The van der Waals surface area contributed by atoms with Crippen LogP contribution in [0.1, 0.15) is 29.2 Å². The summed E-state index contributed by atoms with van der Waals surface area (Å²) in [7, 11) is 0. The summed E-state index contributed by atoms with van der Waals surface area (Å²) < 4.78 is 0. The van der Waals surface area contributed by atoms with Gasteiger partial charge in [-0.2, -0.15) is 0 Å². The molecular formula is C22H26N2O2. The highest BCUT2D eigenvalue weighted by Crippen LogP contribution is 2.44. The Hall–Kier alpha value is -2.33. The van der Waals surface area contributed by atoms with Crippen LogP contribution in [0.4, 0.5) is 4.79 Å². The summed E-state index contributed by atoms with van der Waals surface area (Å²) in [4.78, 5) is 16.1. The number of nitrogens with zero attached hydrogens (tertiary/aromatic N) is 2. The first kappa shape index (κ1) is 17.1. The molecule has 0 saturated carbocycles. The summed E-state index contributed by atoms with van der Waals surface area (Å²) in [6.45, 7) is 5.70. The minimum atomic E-state index is -0.793.